The Labute approximate surface area is 89.6 Å². The van der Waals surface area contributed by atoms with E-state index >= 15 is 0 Å². The molecule has 0 unspecified atom stereocenters. The Hall–Kier alpha value is -1.41. The van der Waals surface area contributed by atoms with E-state index in [1.54, 1.807) is 13.8 Å². The van der Waals surface area contributed by atoms with E-state index in [9.17, 15) is 5.11 Å². The van der Waals surface area contributed by atoms with Crippen LogP contribution in [-0.2, 0) is 5.60 Å². The normalized spacial score (nSPS) is 12.0. The number of rotatable bonds is 1. The number of aliphatic hydroxyl groups is 1. The average molecular weight is 201 g/mol. The minimum atomic E-state index is -0.826. The van der Waals surface area contributed by atoms with Crippen LogP contribution in [0.5, 0.6) is 0 Å². The van der Waals surface area contributed by atoms with Gasteiger partial charge >= 0.3 is 0 Å². The van der Waals surface area contributed by atoms with Crippen LogP contribution in [0.25, 0.3) is 10.9 Å². The maximum Gasteiger partial charge on any atom is 0.0847 e. The van der Waals surface area contributed by atoms with Crippen molar-refractivity contribution in [3.63, 3.8) is 0 Å². The number of benzene rings is 1. The molecular weight excluding hydrogens is 186 g/mol. The molecule has 1 N–H and O–H groups in total. The van der Waals surface area contributed by atoms with Gasteiger partial charge in [0.1, 0.15) is 0 Å². The number of aryl methyl sites for hydroxylation is 1. The molecule has 2 nitrogen and oxygen atoms in total. The standard InChI is InChI=1S/C13H15NO/c1-9-8-11(13(2,3)15)10-6-4-5-7-12(10)14-9/h4-8,15H,1-3H3. The third-order valence-corrected chi connectivity index (χ3v) is 2.50. The molecule has 2 aromatic rings. The van der Waals surface area contributed by atoms with Crippen LogP contribution in [0.15, 0.2) is 30.3 Å². The third-order valence-electron chi connectivity index (χ3n) is 2.50. The lowest BCUT2D eigenvalue weighted by molar-refractivity contribution is 0.0801. The van der Waals surface area contributed by atoms with E-state index in [4.69, 9.17) is 0 Å². The molecule has 0 aliphatic heterocycles. The van der Waals surface area contributed by atoms with E-state index in [1.165, 1.54) is 0 Å². The Balaban J connectivity index is 2.83. The highest BCUT2D eigenvalue weighted by Gasteiger charge is 2.19. The zero-order chi connectivity index (χ0) is 11.1. The van der Waals surface area contributed by atoms with E-state index in [0.29, 0.717) is 0 Å². The highest BCUT2D eigenvalue weighted by atomic mass is 16.3. The molecule has 0 aliphatic carbocycles. The monoisotopic (exact) mass is 201 g/mol. The van der Waals surface area contributed by atoms with E-state index in [-0.39, 0.29) is 0 Å². The van der Waals surface area contributed by atoms with Crippen LogP contribution < -0.4 is 0 Å². The van der Waals surface area contributed by atoms with Crippen LogP contribution in [0.2, 0.25) is 0 Å². The molecule has 1 aromatic heterocycles. The largest absolute Gasteiger partial charge is 0.386 e. The van der Waals surface area contributed by atoms with Crippen molar-refractivity contribution in [2.75, 3.05) is 0 Å². The molecule has 15 heavy (non-hydrogen) atoms. The molecule has 0 atom stereocenters. The highest BCUT2D eigenvalue weighted by molar-refractivity contribution is 5.83. The lowest BCUT2D eigenvalue weighted by atomic mass is 9.94. The van der Waals surface area contributed by atoms with E-state index in [0.717, 1.165) is 22.2 Å². The maximum atomic E-state index is 10.1. The molecule has 2 heteroatoms. The number of hydrogen-bond acceptors (Lipinski definition) is 2. The van der Waals surface area contributed by atoms with Gasteiger partial charge in [-0.3, -0.25) is 4.98 Å². The van der Waals surface area contributed by atoms with Gasteiger partial charge in [0, 0.05) is 11.1 Å². The first kappa shape index (κ1) is 10.1. The van der Waals surface area contributed by atoms with Crippen LogP contribution in [0.1, 0.15) is 25.1 Å². The number of aromatic nitrogens is 1. The first-order valence-electron chi connectivity index (χ1n) is 5.08. The molecule has 0 saturated heterocycles. The summed E-state index contributed by atoms with van der Waals surface area (Å²) in [6.45, 7) is 5.55. The van der Waals surface area contributed by atoms with Crippen LogP contribution in [0.3, 0.4) is 0 Å². The van der Waals surface area contributed by atoms with Crippen molar-refractivity contribution in [1.29, 1.82) is 0 Å². The van der Waals surface area contributed by atoms with Crippen LogP contribution >= 0.6 is 0 Å². The van der Waals surface area contributed by atoms with Crippen LogP contribution in [-0.4, -0.2) is 10.1 Å². The fourth-order valence-corrected chi connectivity index (χ4v) is 1.81. The number of para-hydroxylation sites is 1. The molecule has 0 fully saturated rings. The van der Waals surface area contributed by atoms with Crippen molar-refractivity contribution >= 4 is 10.9 Å². The zero-order valence-electron chi connectivity index (χ0n) is 9.28. The summed E-state index contributed by atoms with van der Waals surface area (Å²) in [4.78, 5) is 4.44. The van der Waals surface area contributed by atoms with Crippen molar-refractivity contribution in [2.45, 2.75) is 26.4 Å². The summed E-state index contributed by atoms with van der Waals surface area (Å²) in [7, 11) is 0. The topological polar surface area (TPSA) is 33.1 Å². The zero-order valence-corrected chi connectivity index (χ0v) is 9.28. The lowest BCUT2D eigenvalue weighted by Crippen LogP contribution is -2.16. The van der Waals surface area contributed by atoms with Gasteiger partial charge in [0.2, 0.25) is 0 Å². The predicted octanol–water partition coefficient (Wildman–Crippen LogP) is 2.77. The number of pyridine rings is 1. The van der Waals surface area contributed by atoms with Crippen molar-refractivity contribution in [1.82, 2.24) is 4.98 Å². The van der Waals surface area contributed by atoms with Crippen LogP contribution in [0.4, 0.5) is 0 Å². The first-order chi connectivity index (χ1) is 6.98. The Kier molecular flexibility index (Phi) is 2.24. The highest BCUT2D eigenvalue weighted by Crippen LogP contribution is 2.27. The molecule has 1 aromatic carbocycles. The second-order valence-electron chi connectivity index (χ2n) is 4.39. The van der Waals surface area contributed by atoms with Gasteiger partial charge in [-0.05, 0) is 38.5 Å². The first-order valence-corrected chi connectivity index (χ1v) is 5.08. The molecule has 1 heterocycles. The average Bonchev–Trinajstić information content (AvgIpc) is 2.15. The van der Waals surface area contributed by atoms with Gasteiger partial charge in [-0.1, -0.05) is 18.2 Å². The van der Waals surface area contributed by atoms with Gasteiger partial charge in [0.05, 0.1) is 11.1 Å². The molecule has 2 rings (SSSR count). The van der Waals surface area contributed by atoms with Gasteiger partial charge in [-0.15, -0.1) is 0 Å². The van der Waals surface area contributed by atoms with Crippen molar-refractivity contribution in [2.24, 2.45) is 0 Å². The summed E-state index contributed by atoms with van der Waals surface area (Å²) in [5, 5.41) is 11.1. The summed E-state index contributed by atoms with van der Waals surface area (Å²) in [5.74, 6) is 0. The number of nitrogens with zero attached hydrogens (tertiary/aromatic N) is 1. The minimum Gasteiger partial charge on any atom is -0.386 e. The van der Waals surface area contributed by atoms with Crippen molar-refractivity contribution in [3.8, 4) is 0 Å². The molecule has 0 radical (unpaired) electrons. The molecule has 0 aliphatic rings. The smallest absolute Gasteiger partial charge is 0.0847 e. The number of fused-ring (bicyclic) bond motifs is 1. The molecule has 78 valence electrons. The predicted molar refractivity (Wildman–Crippen MR) is 61.7 cm³/mol. The van der Waals surface area contributed by atoms with E-state index in [1.807, 2.05) is 37.3 Å². The van der Waals surface area contributed by atoms with Crippen molar-refractivity contribution < 1.29 is 5.11 Å². The minimum absolute atomic E-state index is 0.826. The third kappa shape index (κ3) is 1.85. The second kappa shape index (κ2) is 3.31. The summed E-state index contributed by atoms with van der Waals surface area (Å²) in [6, 6.07) is 9.84. The summed E-state index contributed by atoms with van der Waals surface area (Å²) in [6.07, 6.45) is 0. The molecule has 0 saturated carbocycles. The van der Waals surface area contributed by atoms with Gasteiger partial charge in [0.15, 0.2) is 0 Å². The maximum absolute atomic E-state index is 10.1. The SMILES string of the molecule is Cc1cc(C(C)(C)O)c2ccccc2n1. The summed E-state index contributed by atoms with van der Waals surface area (Å²) >= 11 is 0. The summed E-state index contributed by atoms with van der Waals surface area (Å²) in [5.41, 5.74) is 1.99. The Morgan fingerprint density at radius 3 is 2.53 bits per heavy atom. The Bertz CT molecular complexity index is 497. The lowest BCUT2D eigenvalue weighted by Gasteiger charge is -2.20. The molecule has 0 amide bonds. The molecular formula is C13H15NO. The summed E-state index contributed by atoms with van der Waals surface area (Å²) < 4.78 is 0. The fraction of sp³-hybridized carbons (Fsp3) is 0.308. The van der Waals surface area contributed by atoms with Gasteiger partial charge in [-0.2, -0.15) is 0 Å². The van der Waals surface area contributed by atoms with Gasteiger partial charge in [0.25, 0.3) is 0 Å². The Morgan fingerprint density at radius 2 is 1.87 bits per heavy atom. The Morgan fingerprint density at radius 1 is 1.20 bits per heavy atom. The van der Waals surface area contributed by atoms with E-state index in [2.05, 4.69) is 4.98 Å². The molecule has 0 bridgehead atoms. The van der Waals surface area contributed by atoms with E-state index < -0.39 is 5.60 Å². The molecule has 0 spiro atoms. The van der Waals surface area contributed by atoms with Gasteiger partial charge < -0.3 is 5.11 Å². The second-order valence-corrected chi connectivity index (χ2v) is 4.39. The van der Waals surface area contributed by atoms with Gasteiger partial charge in [-0.25, -0.2) is 0 Å². The van der Waals surface area contributed by atoms with Crippen LogP contribution in [0, 0.1) is 6.92 Å². The fourth-order valence-electron chi connectivity index (χ4n) is 1.81. The number of hydrogen-bond donors (Lipinski definition) is 1. The van der Waals surface area contributed by atoms with Crippen molar-refractivity contribution in [3.05, 3.63) is 41.6 Å². The quantitative estimate of drug-likeness (QED) is 0.769.